The molecule has 1 aromatic rings. The Hall–Kier alpha value is -1.42. The Kier molecular flexibility index (Phi) is 2.40. The largest absolute Gasteiger partial charge is 0.388 e. The fraction of sp³-hybridized carbons (Fsp3) is 0.250. The highest BCUT2D eigenvalue weighted by atomic mass is 16.6. The van der Waals surface area contributed by atoms with E-state index in [-0.39, 0.29) is 5.69 Å². The van der Waals surface area contributed by atoms with E-state index in [2.05, 4.69) is 0 Å². The molecule has 0 aliphatic carbocycles. The van der Waals surface area contributed by atoms with Crippen LogP contribution in [0.1, 0.15) is 18.6 Å². The Morgan fingerprint density at radius 3 is 2.50 bits per heavy atom. The average molecular weight is 167 g/mol. The van der Waals surface area contributed by atoms with E-state index in [4.69, 9.17) is 5.11 Å². The van der Waals surface area contributed by atoms with Crippen LogP contribution in [0.2, 0.25) is 0 Å². The van der Waals surface area contributed by atoms with Crippen molar-refractivity contribution in [1.29, 1.82) is 0 Å². The number of nitro groups is 1. The molecule has 0 aromatic heterocycles. The van der Waals surface area contributed by atoms with E-state index in [9.17, 15) is 10.1 Å². The van der Waals surface area contributed by atoms with Crippen molar-refractivity contribution in [3.63, 3.8) is 0 Å². The third-order valence-corrected chi connectivity index (χ3v) is 1.58. The lowest BCUT2D eigenvalue weighted by atomic mass is 10.1. The maximum Gasteiger partial charge on any atom is 0.275 e. The lowest BCUT2D eigenvalue weighted by molar-refractivity contribution is -0.386. The molecule has 1 aromatic carbocycles. The quantitative estimate of drug-likeness (QED) is 0.538. The second-order valence-electron chi connectivity index (χ2n) is 2.49. The highest BCUT2D eigenvalue weighted by molar-refractivity contribution is 5.40. The van der Waals surface area contributed by atoms with Crippen LogP contribution in [0.5, 0.6) is 0 Å². The topological polar surface area (TPSA) is 63.4 Å². The van der Waals surface area contributed by atoms with Gasteiger partial charge in [0.25, 0.3) is 5.69 Å². The summed E-state index contributed by atoms with van der Waals surface area (Å²) in [4.78, 5) is 9.92. The van der Waals surface area contributed by atoms with E-state index in [0.717, 1.165) is 0 Å². The van der Waals surface area contributed by atoms with Gasteiger partial charge >= 0.3 is 0 Å². The summed E-state index contributed by atoms with van der Waals surface area (Å²) in [6, 6.07) is 6.16. The van der Waals surface area contributed by atoms with Gasteiger partial charge in [-0.25, -0.2) is 0 Å². The maximum atomic E-state index is 10.4. The van der Waals surface area contributed by atoms with E-state index >= 15 is 0 Å². The van der Waals surface area contributed by atoms with Crippen LogP contribution in [0, 0.1) is 10.1 Å². The van der Waals surface area contributed by atoms with Gasteiger partial charge in [-0.3, -0.25) is 10.1 Å². The van der Waals surface area contributed by atoms with Crippen molar-refractivity contribution in [3.8, 4) is 0 Å². The number of rotatable bonds is 2. The predicted molar refractivity (Wildman–Crippen MR) is 43.7 cm³/mol. The molecule has 0 saturated heterocycles. The van der Waals surface area contributed by atoms with Gasteiger partial charge in [0, 0.05) is 6.07 Å². The third-order valence-electron chi connectivity index (χ3n) is 1.58. The molecule has 0 aliphatic heterocycles. The molecule has 0 spiro atoms. The van der Waals surface area contributed by atoms with Gasteiger partial charge in [0.2, 0.25) is 0 Å². The Labute approximate surface area is 69.6 Å². The van der Waals surface area contributed by atoms with E-state index < -0.39 is 11.0 Å². The Balaban J connectivity index is 3.17. The molecule has 12 heavy (non-hydrogen) atoms. The van der Waals surface area contributed by atoms with Gasteiger partial charge in [0.15, 0.2) is 0 Å². The van der Waals surface area contributed by atoms with E-state index in [1.54, 1.807) is 18.2 Å². The lowest BCUT2D eigenvalue weighted by Crippen LogP contribution is -1.98. The summed E-state index contributed by atoms with van der Waals surface area (Å²) in [5.74, 6) is 0. The standard InChI is InChI=1S/C8H9NO3/c1-6(10)7-4-2-3-5-8(7)9(11)12/h2-6,10H,1H3/t6-/m0/s1. The fourth-order valence-corrected chi connectivity index (χ4v) is 1.01. The van der Waals surface area contributed by atoms with Crippen LogP contribution in [0.25, 0.3) is 0 Å². The van der Waals surface area contributed by atoms with Crippen molar-refractivity contribution in [1.82, 2.24) is 0 Å². The van der Waals surface area contributed by atoms with Crippen LogP contribution in [-0.4, -0.2) is 10.0 Å². The van der Waals surface area contributed by atoms with Crippen molar-refractivity contribution >= 4 is 5.69 Å². The number of hydrogen-bond donors (Lipinski definition) is 1. The zero-order valence-electron chi connectivity index (χ0n) is 6.60. The van der Waals surface area contributed by atoms with E-state index in [1.807, 2.05) is 0 Å². The van der Waals surface area contributed by atoms with Crippen molar-refractivity contribution in [2.45, 2.75) is 13.0 Å². The Morgan fingerprint density at radius 1 is 1.50 bits per heavy atom. The highest BCUT2D eigenvalue weighted by Crippen LogP contribution is 2.23. The molecule has 0 saturated carbocycles. The second kappa shape index (κ2) is 3.32. The van der Waals surface area contributed by atoms with Crippen LogP contribution in [-0.2, 0) is 0 Å². The zero-order valence-corrected chi connectivity index (χ0v) is 6.60. The Bertz CT molecular complexity index is 296. The molecule has 0 aliphatic rings. The van der Waals surface area contributed by atoms with Crippen molar-refractivity contribution < 1.29 is 10.0 Å². The molecule has 1 N–H and O–H groups in total. The zero-order chi connectivity index (χ0) is 9.14. The first-order valence-electron chi connectivity index (χ1n) is 3.54. The minimum absolute atomic E-state index is 0.0347. The second-order valence-corrected chi connectivity index (χ2v) is 2.49. The van der Waals surface area contributed by atoms with Crippen LogP contribution in [0.4, 0.5) is 5.69 Å². The van der Waals surface area contributed by atoms with Gasteiger partial charge in [-0.1, -0.05) is 12.1 Å². The summed E-state index contributed by atoms with van der Waals surface area (Å²) < 4.78 is 0. The molecule has 0 amide bonds. The van der Waals surface area contributed by atoms with Crippen molar-refractivity contribution in [2.24, 2.45) is 0 Å². The highest BCUT2D eigenvalue weighted by Gasteiger charge is 2.15. The first kappa shape index (κ1) is 8.67. The number of para-hydroxylation sites is 1. The molecule has 1 atom stereocenters. The van der Waals surface area contributed by atoms with Gasteiger partial charge in [-0.05, 0) is 13.0 Å². The molecule has 0 bridgehead atoms. The average Bonchev–Trinajstić information content (AvgIpc) is 2.04. The fourth-order valence-electron chi connectivity index (χ4n) is 1.01. The predicted octanol–water partition coefficient (Wildman–Crippen LogP) is 1.65. The number of nitrogens with zero attached hydrogens (tertiary/aromatic N) is 1. The molecule has 1 rings (SSSR count). The van der Waals surface area contributed by atoms with Crippen LogP contribution >= 0.6 is 0 Å². The molecule has 4 nitrogen and oxygen atoms in total. The maximum absolute atomic E-state index is 10.4. The third kappa shape index (κ3) is 1.60. The first-order chi connectivity index (χ1) is 5.63. The van der Waals surface area contributed by atoms with Crippen LogP contribution in [0.3, 0.4) is 0 Å². The molecular weight excluding hydrogens is 158 g/mol. The van der Waals surface area contributed by atoms with Gasteiger partial charge in [-0.15, -0.1) is 0 Å². The van der Waals surface area contributed by atoms with Crippen LogP contribution in [0.15, 0.2) is 24.3 Å². The molecule has 64 valence electrons. The van der Waals surface area contributed by atoms with E-state index in [1.165, 1.54) is 13.0 Å². The summed E-state index contributed by atoms with van der Waals surface area (Å²) in [6.07, 6.45) is -0.799. The summed E-state index contributed by atoms with van der Waals surface area (Å²) in [6.45, 7) is 1.50. The molecule has 0 radical (unpaired) electrons. The van der Waals surface area contributed by atoms with Gasteiger partial charge < -0.3 is 5.11 Å². The summed E-state index contributed by atoms with van der Waals surface area (Å²) >= 11 is 0. The monoisotopic (exact) mass is 167 g/mol. The Morgan fingerprint density at radius 2 is 2.08 bits per heavy atom. The molecule has 4 heteroatoms. The lowest BCUT2D eigenvalue weighted by Gasteiger charge is -2.03. The number of benzene rings is 1. The molecular formula is C8H9NO3. The van der Waals surface area contributed by atoms with E-state index in [0.29, 0.717) is 5.56 Å². The summed E-state index contributed by atoms with van der Waals surface area (Å²) in [5, 5.41) is 19.6. The minimum atomic E-state index is -0.799. The minimum Gasteiger partial charge on any atom is -0.388 e. The van der Waals surface area contributed by atoms with Crippen molar-refractivity contribution in [3.05, 3.63) is 39.9 Å². The molecule has 0 fully saturated rings. The number of aliphatic hydroxyl groups is 1. The number of aliphatic hydroxyl groups excluding tert-OH is 1. The van der Waals surface area contributed by atoms with Crippen molar-refractivity contribution in [2.75, 3.05) is 0 Å². The van der Waals surface area contributed by atoms with Gasteiger partial charge in [0.1, 0.15) is 0 Å². The van der Waals surface area contributed by atoms with Crippen LogP contribution < -0.4 is 0 Å². The van der Waals surface area contributed by atoms with Gasteiger partial charge in [0.05, 0.1) is 16.6 Å². The molecule has 0 heterocycles. The smallest absolute Gasteiger partial charge is 0.275 e. The first-order valence-corrected chi connectivity index (χ1v) is 3.54. The SMILES string of the molecule is C[C@H](O)c1ccccc1[N+](=O)[O-]. The summed E-state index contributed by atoms with van der Waals surface area (Å²) in [5.41, 5.74) is 0.315. The summed E-state index contributed by atoms with van der Waals surface area (Å²) in [7, 11) is 0. The van der Waals surface area contributed by atoms with Gasteiger partial charge in [-0.2, -0.15) is 0 Å². The molecule has 0 unspecified atom stereocenters. The normalized spacial score (nSPS) is 12.5. The number of hydrogen-bond acceptors (Lipinski definition) is 3. The number of nitro benzene ring substituents is 1.